The van der Waals surface area contributed by atoms with Gasteiger partial charge in [-0.25, -0.2) is 0 Å². The fourth-order valence-electron chi connectivity index (χ4n) is 3.88. The molecule has 17 heavy (non-hydrogen) atoms. The van der Waals surface area contributed by atoms with Gasteiger partial charge in [-0.1, -0.05) is 44.0 Å². The van der Waals surface area contributed by atoms with Gasteiger partial charge in [0.05, 0.1) is 0 Å². The van der Waals surface area contributed by atoms with Crippen LogP contribution in [0, 0.1) is 17.8 Å². The third-order valence-corrected chi connectivity index (χ3v) is 4.76. The zero-order valence-corrected chi connectivity index (χ0v) is 10.7. The van der Waals surface area contributed by atoms with E-state index in [9.17, 15) is 0 Å². The highest BCUT2D eigenvalue weighted by atomic mass is 14.7. The number of hydrogen-bond donors (Lipinski definition) is 1. The van der Waals surface area contributed by atoms with Gasteiger partial charge < -0.3 is 5.73 Å². The Bertz CT molecular complexity index is 388. The Hall–Kier alpha value is -0.820. The van der Waals surface area contributed by atoms with E-state index in [4.69, 9.17) is 5.73 Å². The first-order valence-electron chi connectivity index (χ1n) is 7.15. The van der Waals surface area contributed by atoms with E-state index < -0.39 is 0 Å². The molecule has 0 bridgehead atoms. The van der Waals surface area contributed by atoms with Crippen molar-refractivity contribution < 1.29 is 0 Å². The van der Waals surface area contributed by atoms with E-state index in [0.29, 0.717) is 6.04 Å². The number of aryl methyl sites for hydroxylation is 1. The van der Waals surface area contributed by atoms with E-state index in [2.05, 4.69) is 31.2 Å². The van der Waals surface area contributed by atoms with Crippen LogP contribution >= 0.6 is 0 Å². The van der Waals surface area contributed by atoms with Crippen molar-refractivity contribution in [1.82, 2.24) is 0 Å². The van der Waals surface area contributed by atoms with Crippen molar-refractivity contribution in [3.05, 3.63) is 35.4 Å². The highest BCUT2D eigenvalue weighted by molar-refractivity contribution is 5.28. The van der Waals surface area contributed by atoms with Gasteiger partial charge in [-0.15, -0.1) is 0 Å². The molecule has 2 aliphatic rings. The molecule has 2 fully saturated rings. The third kappa shape index (κ3) is 2.01. The van der Waals surface area contributed by atoms with Crippen molar-refractivity contribution in [2.45, 2.75) is 45.1 Å². The largest absolute Gasteiger partial charge is 0.324 e. The molecule has 0 heterocycles. The van der Waals surface area contributed by atoms with E-state index >= 15 is 0 Å². The Kier molecular flexibility index (Phi) is 2.96. The molecule has 0 aromatic heterocycles. The highest BCUT2D eigenvalue weighted by Gasteiger charge is 2.55. The molecule has 3 atom stereocenters. The number of fused-ring (bicyclic) bond motifs is 1. The van der Waals surface area contributed by atoms with Gasteiger partial charge in [0.1, 0.15) is 0 Å². The summed E-state index contributed by atoms with van der Waals surface area (Å²) in [4.78, 5) is 0. The Morgan fingerprint density at radius 2 is 2.06 bits per heavy atom. The summed E-state index contributed by atoms with van der Waals surface area (Å²) in [6.45, 7) is 2.23. The SMILES string of the molecule is CCCc1cccc(C(N)C2C3CCCC32)c1. The van der Waals surface area contributed by atoms with Gasteiger partial charge in [-0.2, -0.15) is 0 Å². The minimum Gasteiger partial charge on any atom is -0.324 e. The second-order valence-corrected chi connectivity index (χ2v) is 5.86. The predicted molar refractivity (Wildman–Crippen MR) is 71.7 cm³/mol. The molecule has 0 radical (unpaired) electrons. The third-order valence-electron chi connectivity index (χ3n) is 4.76. The molecule has 2 N–H and O–H groups in total. The number of benzene rings is 1. The highest BCUT2D eigenvalue weighted by Crippen LogP contribution is 2.61. The maximum atomic E-state index is 6.46. The van der Waals surface area contributed by atoms with Crippen LogP contribution in [0.25, 0.3) is 0 Å². The average molecular weight is 229 g/mol. The van der Waals surface area contributed by atoms with E-state index in [1.165, 1.54) is 43.2 Å². The predicted octanol–water partition coefficient (Wildman–Crippen LogP) is 3.69. The Balaban J connectivity index is 1.73. The summed E-state index contributed by atoms with van der Waals surface area (Å²) in [5, 5.41) is 0. The van der Waals surface area contributed by atoms with Gasteiger partial charge in [-0.3, -0.25) is 0 Å². The van der Waals surface area contributed by atoms with Crippen LogP contribution in [0.15, 0.2) is 24.3 Å². The van der Waals surface area contributed by atoms with Gasteiger partial charge in [0.15, 0.2) is 0 Å². The lowest BCUT2D eigenvalue weighted by Gasteiger charge is -2.15. The lowest BCUT2D eigenvalue weighted by Crippen LogP contribution is -2.15. The molecular weight excluding hydrogens is 206 g/mol. The Labute approximate surface area is 104 Å². The first-order chi connectivity index (χ1) is 8.31. The van der Waals surface area contributed by atoms with Crippen LogP contribution in [0.1, 0.15) is 49.8 Å². The van der Waals surface area contributed by atoms with Gasteiger partial charge in [-0.05, 0) is 48.1 Å². The Morgan fingerprint density at radius 3 is 2.76 bits per heavy atom. The molecule has 2 saturated carbocycles. The number of rotatable bonds is 4. The van der Waals surface area contributed by atoms with Crippen LogP contribution in [0.4, 0.5) is 0 Å². The van der Waals surface area contributed by atoms with Crippen LogP contribution in [0.3, 0.4) is 0 Å². The second-order valence-electron chi connectivity index (χ2n) is 5.86. The maximum Gasteiger partial charge on any atom is 0.0329 e. The first kappa shape index (κ1) is 11.3. The zero-order chi connectivity index (χ0) is 11.8. The molecule has 1 heteroatoms. The lowest BCUT2D eigenvalue weighted by atomic mass is 9.95. The fraction of sp³-hybridized carbons (Fsp3) is 0.625. The zero-order valence-electron chi connectivity index (χ0n) is 10.7. The normalized spacial score (nSPS) is 32.2. The molecule has 0 spiro atoms. The molecular formula is C16H23N. The van der Waals surface area contributed by atoms with Crippen LogP contribution in [0.2, 0.25) is 0 Å². The van der Waals surface area contributed by atoms with E-state index in [0.717, 1.165) is 17.8 Å². The topological polar surface area (TPSA) is 26.0 Å². The van der Waals surface area contributed by atoms with Crippen molar-refractivity contribution in [3.63, 3.8) is 0 Å². The van der Waals surface area contributed by atoms with Crippen LogP contribution < -0.4 is 5.73 Å². The summed E-state index contributed by atoms with van der Waals surface area (Å²) in [5.41, 5.74) is 9.28. The molecule has 0 amide bonds. The van der Waals surface area contributed by atoms with Crippen molar-refractivity contribution in [2.24, 2.45) is 23.5 Å². The quantitative estimate of drug-likeness (QED) is 0.837. The van der Waals surface area contributed by atoms with Crippen LogP contribution in [-0.2, 0) is 6.42 Å². The van der Waals surface area contributed by atoms with E-state index in [1.54, 1.807) is 0 Å². The minimum atomic E-state index is 0.294. The summed E-state index contributed by atoms with van der Waals surface area (Å²) >= 11 is 0. The molecule has 2 aliphatic carbocycles. The van der Waals surface area contributed by atoms with Crippen LogP contribution in [0.5, 0.6) is 0 Å². The lowest BCUT2D eigenvalue weighted by molar-refractivity contribution is 0.501. The van der Waals surface area contributed by atoms with Crippen molar-refractivity contribution in [2.75, 3.05) is 0 Å². The van der Waals surface area contributed by atoms with Crippen molar-refractivity contribution >= 4 is 0 Å². The molecule has 0 saturated heterocycles. The molecule has 1 aromatic rings. The van der Waals surface area contributed by atoms with Gasteiger partial charge in [0.2, 0.25) is 0 Å². The Morgan fingerprint density at radius 1 is 1.29 bits per heavy atom. The molecule has 3 rings (SSSR count). The second kappa shape index (κ2) is 4.45. The average Bonchev–Trinajstić information content (AvgIpc) is 2.82. The molecule has 92 valence electrons. The summed E-state index contributed by atoms with van der Waals surface area (Å²) in [5.74, 6) is 2.71. The first-order valence-corrected chi connectivity index (χ1v) is 7.15. The van der Waals surface area contributed by atoms with Gasteiger partial charge in [0, 0.05) is 6.04 Å². The van der Waals surface area contributed by atoms with E-state index in [-0.39, 0.29) is 0 Å². The molecule has 3 unspecified atom stereocenters. The standard InChI is InChI=1S/C16H23N/c1-2-5-11-6-3-7-12(10-11)16(17)15-13-8-4-9-14(13)15/h3,6-7,10,13-16H,2,4-5,8-9,17H2,1H3. The van der Waals surface area contributed by atoms with Gasteiger partial charge >= 0.3 is 0 Å². The van der Waals surface area contributed by atoms with Crippen LogP contribution in [-0.4, -0.2) is 0 Å². The summed E-state index contributed by atoms with van der Waals surface area (Å²) in [6.07, 6.45) is 6.69. The van der Waals surface area contributed by atoms with Crippen molar-refractivity contribution in [3.8, 4) is 0 Å². The summed E-state index contributed by atoms with van der Waals surface area (Å²) in [6, 6.07) is 9.26. The fourth-order valence-corrected chi connectivity index (χ4v) is 3.88. The minimum absolute atomic E-state index is 0.294. The van der Waals surface area contributed by atoms with Gasteiger partial charge in [0.25, 0.3) is 0 Å². The monoisotopic (exact) mass is 229 g/mol. The molecule has 1 nitrogen and oxygen atoms in total. The summed E-state index contributed by atoms with van der Waals surface area (Å²) in [7, 11) is 0. The number of nitrogens with two attached hydrogens (primary N) is 1. The smallest absolute Gasteiger partial charge is 0.0329 e. The molecule has 1 aromatic carbocycles. The molecule has 0 aliphatic heterocycles. The summed E-state index contributed by atoms with van der Waals surface area (Å²) < 4.78 is 0. The number of hydrogen-bond acceptors (Lipinski definition) is 1. The van der Waals surface area contributed by atoms with Crippen molar-refractivity contribution in [1.29, 1.82) is 0 Å². The van der Waals surface area contributed by atoms with E-state index in [1.807, 2.05) is 0 Å². The maximum absolute atomic E-state index is 6.46.